The number of hydrogen-bond donors (Lipinski definition) is 1. The van der Waals surface area contributed by atoms with Crippen molar-refractivity contribution < 1.29 is 4.79 Å². The lowest BCUT2D eigenvalue weighted by Crippen LogP contribution is -2.40. The lowest BCUT2D eigenvalue weighted by Gasteiger charge is -2.17. The second-order valence-corrected chi connectivity index (χ2v) is 5.20. The lowest BCUT2D eigenvalue weighted by atomic mass is 10.4. The highest BCUT2D eigenvalue weighted by molar-refractivity contribution is 7.80. The van der Waals surface area contributed by atoms with Crippen molar-refractivity contribution >= 4 is 40.7 Å². The van der Waals surface area contributed by atoms with Crippen molar-refractivity contribution in [1.29, 1.82) is 0 Å². The van der Waals surface area contributed by atoms with E-state index in [1.807, 2.05) is 22.4 Å². The molecule has 1 aliphatic heterocycles. The molecule has 0 aromatic carbocycles. The van der Waals surface area contributed by atoms with Crippen molar-refractivity contribution in [3.63, 3.8) is 0 Å². The Morgan fingerprint density at radius 3 is 2.88 bits per heavy atom. The van der Waals surface area contributed by atoms with Gasteiger partial charge in [0.25, 0.3) is 0 Å². The molecule has 0 radical (unpaired) electrons. The van der Waals surface area contributed by atoms with Gasteiger partial charge in [0, 0.05) is 24.0 Å². The van der Waals surface area contributed by atoms with Gasteiger partial charge in [-0.15, -0.1) is 11.3 Å². The minimum atomic E-state index is -0.157. The zero-order valence-corrected chi connectivity index (χ0v) is 11.0. The molecule has 0 atom stereocenters. The zero-order chi connectivity index (χ0) is 12.1. The molecule has 1 aromatic heterocycles. The Kier molecular flexibility index (Phi) is 4.28. The summed E-state index contributed by atoms with van der Waals surface area (Å²) in [6, 6.07) is 3.92. The molecule has 5 heteroatoms. The molecule has 2 heterocycles. The fourth-order valence-corrected chi connectivity index (χ4v) is 2.59. The van der Waals surface area contributed by atoms with Crippen LogP contribution in [-0.4, -0.2) is 29.0 Å². The van der Waals surface area contributed by atoms with Gasteiger partial charge in [-0.2, -0.15) is 0 Å². The summed E-state index contributed by atoms with van der Waals surface area (Å²) in [5, 5.41) is 5.24. The standard InChI is InChI=1S/C12H14N2OS2/c15-11(6-5-10-4-3-9-17-10)13-12(16)14-7-1-2-8-14/h3-6,9H,1-2,7-8H2,(H,13,15,16)/b6-5+. The molecule has 1 aliphatic rings. The van der Waals surface area contributed by atoms with E-state index in [9.17, 15) is 4.79 Å². The first-order chi connectivity index (χ1) is 8.25. The second kappa shape index (κ2) is 5.93. The van der Waals surface area contributed by atoms with Gasteiger partial charge < -0.3 is 4.90 Å². The van der Waals surface area contributed by atoms with Crippen LogP contribution >= 0.6 is 23.6 Å². The van der Waals surface area contributed by atoms with Crippen LogP contribution < -0.4 is 5.32 Å². The SMILES string of the molecule is O=C(/C=C/c1cccs1)NC(=S)N1CCCC1. The third-order valence-electron chi connectivity index (χ3n) is 2.57. The number of hydrogen-bond acceptors (Lipinski definition) is 3. The van der Waals surface area contributed by atoms with Gasteiger partial charge in [0.1, 0.15) is 0 Å². The number of thiophene rings is 1. The molecule has 0 bridgehead atoms. The molecule has 3 nitrogen and oxygen atoms in total. The van der Waals surface area contributed by atoms with E-state index < -0.39 is 0 Å². The monoisotopic (exact) mass is 266 g/mol. The van der Waals surface area contributed by atoms with Gasteiger partial charge in [0.2, 0.25) is 5.91 Å². The van der Waals surface area contributed by atoms with E-state index in [0.717, 1.165) is 30.8 Å². The number of likely N-dealkylation sites (tertiary alicyclic amines) is 1. The van der Waals surface area contributed by atoms with Gasteiger partial charge in [-0.05, 0) is 42.6 Å². The third kappa shape index (κ3) is 3.64. The predicted molar refractivity (Wildman–Crippen MR) is 74.9 cm³/mol. The van der Waals surface area contributed by atoms with E-state index in [1.54, 1.807) is 17.4 Å². The Balaban J connectivity index is 1.82. The van der Waals surface area contributed by atoms with Gasteiger partial charge in [-0.3, -0.25) is 10.1 Å². The van der Waals surface area contributed by atoms with Crippen LogP contribution in [0, 0.1) is 0 Å². The summed E-state index contributed by atoms with van der Waals surface area (Å²) < 4.78 is 0. The van der Waals surface area contributed by atoms with E-state index in [4.69, 9.17) is 12.2 Å². The third-order valence-corrected chi connectivity index (χ3v) is 3.76. The van der Waals surface area contributed by atoms with Gasteiger partial charge in [-0.1, -0.05) is 6.07 Å². The number of nitrogens with zero attached hydrogens (tertiary/aromatic N) is 1. The summed E-state index contributed by atoms with van der Waals surface area (Å²) in [4.78, 5) is 14.7. The Bertz CT molecular complexity index is 420. The smallest absolute Gasteiger partial charge is 0.250 e. The molecule has 0 saturated carbocycles. The largest absolute Gasteiger partial charge is 0.349 e. The highest BCUT2D eigenvalue weighted by Gasteiger charge is 2.15. The van der Waals surface area contributed by atoms with Crippen LogP contribution in [0.15, 0.2) is 23.6 Å². The first-order valence-electron chi connectivity index (χ1n) is 5.57. The topological polar surface area (TPSA) is 32.3 Å². The van der Waals surface area contributed by atoms with Crippen LogP contribution in [0.3, 0.4) is 0 Å². The fourth-order valence-electron chi connectivity index (χ4n) is 1.69. The number of rotatable bonds is 2. The summed E-state index contributed by atoms with van der Waals surface area (Å²) in [6.45, 7) is 1.90. The van der Waals surface area contributed by atoms with Gasteiger partial charge in [0.05, 0.1) is 0 Å². The maximum absolute atomic E-state index is 11.6. The van der Waals surface area contributed by atoms with Crippen molar-refractivity contribution in [3.8, 4) is 0 Å². The molecule has 90 valence electrons. The van der Waals surface area contributed by atoms with Crippen molar-refractivity contribution in [2.24, 2.45) is 0 Å². The summed E-state index contributed by atoms with van der Waals surface area (Å²) >= 11 is 6.77. The molecule has 1 amide bonds. The molecule has 1 N–H and O–H groups in total. The van der Waals surface area contributed by atoms with E-state index in [-0.39, 0.29) is 5.91 Å². The number of carbonyl (C=O) groups excluding carboxylic acids is 1. The zero-order valence-electron chi connectivity index (χ0n) is 9.39. The minimum Gasteiger partial charge on any atom is -0.349 e. The highest BCUT2D eigenvalue weighted by Crippen LogP contribution is 2.10. The van der Waals surface area contributed by atoms with Crippen LogP contribution in [-0.2, 0) is 4.79 Å². The summed E-state index contributed by atoms with van der Waals surface area (Å²) in [5.74, 6) is -0.157. The Hall–Kier alpha value is -1.20. The molecule has 2 rings (SSSR count). The molecule has 1 fully saturated rings. The van der Waals surface area contributed by atoms with Gasteiger partial charge in [-0.25, -0.2) is 0 Å². The first kappa shape index (κ1) is 12.3. The Morgan fingerprint density at radius 1 is 1.47 bits per heavy atom. The molecule has 1 saturated heterocycles. The van der Waals surface area contributed by atoms with Crippen molar-refractivity contribution in [3.05, 3.63) is 28.5 Å². The number of carbonyl (C=O) groups is 1. The molecular weight excluding hydrogens is 252 g/mol. The highest BCUT2D eigenvalue weighted by atomic mass is 32.1. The number of amides is 1. The number of thiocarbonyl (C=S) groups is 1. The minimum absolute atomic E-state index is 0.157. The molecule has 1 aromatic rings. The van der Waals surface area contributed by atoms with Crippen LogP contribution in [0.5, 0.6) is 0 Å². The molecule has 0 aliphatic carbocycles. The second-order valence-electron chi connectivity index (χ2n) is 3.84. The molecule has 0 spiro atoms. The first-order valence-corrected chi connectivity index (χ1v) is 6.86. The predicted octanol–water partition coefficient (Wildman–Crippen LogP) is 2.26. The summed E-state index contributed by atoms with van der Waals surface area (Å²) in [6.07, 6.45) is 5.63. The maximum Gasteiger partial charge on any atom is 0.250 e. The van der Waals surface area contributed by atoms with Gasteiger partial charge in [0.15, 0.2) is 5.11 Å². The van der Waals surface area contributed by atoms with Crippen LogP contribution in [0.2, 0.25) is 0 Å². The van der Waals surface area contributed by atoms with Crippen LogP contribution in [0.4, 0.5) is 0 Å². The van der Waals surface area contributed by atoms with E-state index >= 15 is 0 Å². The van der Waals surface area contributed by atoms with E-state index in [1.165, 1.54) is 6.08 Å². The van der Waals surface area contributed by atoms with Crippen LogP contribution in [0.25, 0.3) is 6.08 Å². The quantitative estimate of drug-likeness (QED) is 0.658. The fraction of sp³-hybridized carbons (Fsp3) is 0.333. The molecule has 17 heavy (non-hydrogen) atoms. The molecular formula is C12H14N2OS2. The lowest BCUT2D eigenvalue weighted by molar-refractivity contribution is -0.115. The maximum atomic E-state index is 11.6. The Morgan fingerprint density at radius 2 is 2.24 bits per heavy atom. The average Bonchev–Trinajstić information content (AvgIpc) is 2.99. The van der Waals surface area contributed by atoms with E-state index in [2.05, 4.69) is 5.32 Å². The van der Waals surface area contributed by atoms with Crippen molar-refractivity contribution in [2.75, 3.05) is 13.1 Å². The number of nitrogens with one attached hydrogen (secondary N) is 1. The van der Waals surface area contributed by atoms with Crippen molar-refractivity contribution in [1.82, 2.24) is 10.2 Å². The summed E-state index contributed by atoms with van der Waals surface area (Å²) in [7, 11) is 0. The van der Waals surface area contributed by atoms with E-state index in [0.29, 0.717) is 5.11 Å². The average molecular weight is 266 g/mol. The van der Waals surface area contributed by atoms with Gasteiger partial charge >= 0.3 is 0 Å². The normalized spacial score (nSPS) is 15.4. The van der Waals surface area contributed by atoms with Crippen molar-refractivity contribution in [2.45, 2.75) is 12.8 Å². The summed E-state index contributed by atoms with van der Waals surface area (Å²) in [5.41, 5.74) is 0. The van der Waals surface area contributed by atoms with Crippen LogP contribution in [0.1, 0.15) is 17.7 Å². The Labute approximate surface area is 110 Å². The molecule has 0 unspecified atom stereocenters.